The number of pyridine rings is 2. The number of ether oxygens (including phenoxy) is 2. The molecule has 0 radical (unpaired) electrons. The molecule has 2 heterocycles. The third-order valence-electron chi connectivity index (χ3n) is 2.53. The lowest BCUT2D eigenvalue weighted by Gasteiger charge is -2.10. The van der Waals surface area contributed by atoms with Crippen molar-refractivity contribution in [3.63, 3.8) is 0 Å². The molecule has 1 amide bonds. The van der Waals surface area contributed by atoms with Crippen molar-refractivity contribution < 1.29 is 18.7 Å². The molecule has 0 fully saturated rings. The lowest BCUT2D eigenvalue weighted by molar-refractivity contribution is 0.0959. The van der Waals surface area contributed by atoms with Gasteiger partial charge < -0.3 is 9.47 Å². The van der Waals surface area contributed by atoms with Crippen LogP contribution < -0.4 is 20.3 Å². The van der Waals surface area contributed by atoms with Crippen molar-refractivity contribution in [2.45, 2.75) is 0 Å². The topological polar surface area (TPSA) is 85.4 Å². The van der Waals surface area contributed by atoms with Gasteiger partial charge in [-0.25, -0.2) is 14.4 Å². The lowest BCUT2D eigenvalue weighted by Crippen LogP contribution is -2.30. The van der Waals surface area contributed by atoms with Crippen LogP contribution in [0.5, 0.6) is 11.8 Å². The Morgan fingerprint density at radius 1 is 1.24 bits per heavy atom. The number of rotatable bonds is 5. The molecule has 8 heteroatoms. The van der Waals surface area contributed by atoms with Gasteiger partial charge in [0.2, 0.25) is 11.8 Å². The second-order valence-corrected chi connectivity index (χ2v) is 3.85. The van der Waals surface area contributed by atoms with E-state index in [1.807, 2.05) is 0 Å². The average Bonchev–Trinajstić information content (AvgIpc) is 2.52. The first kappa shape index (κ1) is 14.5. The summed E-state index contributed by atoms with van der Waals surface area (Å²) in [6.45, 7) is 0. The van der Waals surface area contributed by atoms with Crippen LogP contribution in [0.3, 0.4) is 0 Å². The summed E-state index contributed by atoms with van der Waals surface area (Å²) >= 11 is 0. The van der Waals surface area contributed by atoms with Gasteiger partial charge in [0.1, 0.15) is 5.56 Å². The van der Waals surface area contributed by atoms with Crippen LogP contribution >= 0.6 is 0 Å². The van der Waals surface area contributed by atoms with Crippen molar-refractivity contribution >= 4 is 11.6 Å². The number of nitrogens with one attached hydrogen (secondary N) is 2. The Hall–Kier alpha value is -2.90. The average molecular weight is 292 g/mol. The zero-order chi connectivity index (χ0) is 15.2. The molecule has 0 aromatic carbocycles. The predicted molar refractivity (Wildman–Crippen MR) is 72.6 cm³/mol. The minimum Gasteiger partial charge on any atom is -0.480 e. The van der Waals surface area contributed by atoms with E-state index in [-0.39, 0.29) is 23.0 Å². The number of amides is 1. The van der Waals surface area contributed by atoms with Gasteiger partial charge in [-0.1, -0.05) is 0 Å². The molecular formula is C13H13FN4O3. The summed E-state index contributed by atoms with van der Waals surface area (Å²) in [5.74, 6) is -1.05. The van der Waals surface area contributed by atoms with Crippen molar-refractivity contribution in [2.24, 2.45) is 0 Å². The number of carbonyl (C=O) groups is 1. The Morgan fingerprint density at radius 2 is 2.00 bits per heavy atom. The summed E-state index contributed by atoms with van der Waals surface area (Å²) in [6, 6.07) is 4.30. The first-order chi connectivity index (χ1) is 10.2. The number of hydrogen-bond donors (Lipinski definition) is 2. The van der Waals surface area contributed by atoms with Crippen LogP contribution in [0, 0.1) is 5.82 Å². The van der Waals surface area contributed by atoms with Gasteiger partial charge in [0.05, 0.1) is 26.1 Å². The highest BCUT2D eigenvalue weighted by molar-refractivity contribution is 5.96. The van der Waals surface area contributed by atoms with E-state index in [1.165, 1.54) is 26.6 Å². The van der Waals surface area contributed by atoms with Crippen LogP contribution in [0.15, 0.2) is 30.6 Å². The molecule has 2 N–H and O–H groups in total. The first-order valence-corrected chi connectivity index (χ1v) is 5.90. The van der Waals surface area contributed by atoms with E-state index in [0.29, 0.717) is 0 Å². The van der Waals surface area contributed by atoms with Crippen molar-refractivity contribution in [1.82, 2.24) is 15.4 Å². The maximum atomic E-state index is 13.4. The predicted octanol–water partition coefficient (Wildman–Crippen LogP) is 1.39. The highest BCUT2D eigenvalue weighted by Gasteiger charge is 2.12. The smallest absolute Gasteiger partial charge is 0.275 e. The number of carbonyl (C=O) groups excluding carboxylic acids is 1. The molecule has 0 bridgehead atoms. The Morgan fingerprint density at radius 3 is 2.67 bits per heavy atom. The summed E-state index contributed by atoms with van der Waals surface area (Å²) in [5.41, 5.74) is 5.46. The monoisotopic (exact) mass is 292 g/mol. The fourth-order valence-corrected chi connectivity index (χ4v) is 1.57. The van der Waals surface area contributed by atoms with Crippen molar-refractivity contribution in [3.05, 3.63) is 42.0 Å². The van der Waals surface area contributed by atoms with Crippen molar-refractivity contribution in [2.75, 3.05) is 19.6 Å². The molecule has 2 rings (SSSR count). The highest BCUT2D eigenvalue weighted by Crippen LogP contribution is 2.17. The molecule has 0 atom stereocenters. The molecule has 0 saturated heterocycles. The van der Waals surface area contributed by atoms with Gasteiger partial charge in [-0.05, 0) is 12.1 Å². The Kier molecular flexibility index (Phi) is 4.50. The fraction of sp³-hybridized carbons (Fsp3) is 0.154. The first-order valence-electron chi connectivity index (χ1n) is 5.90. The number of aromatic nitrogens is 2. The normalized spacial score (nSPS) is 9.86. The van der Waals surface area contributed by atoms with E-state index < -0.39 is 11.7 Å². The minimum atomic E-state index is -0.643. The van der Waals surface area contributed by atoms with Gasteiger partial charge in [-0.3, -0.25) is 15.6 Å². The maximum Gasteiger partial charge on any atom is 0.275 e. The molecule has 0 saturated carbocycles. The molecular weight excluding hydrogens is 279 g/mol. The maximum absolute atomic E-state index is 13.4. The number of nitrogens with zero attached hydrogens (tertiary/aromatic N) is 2. The standard InChI is InChI=1S/C13H13FN4O3/c1-20-12-9(4-3-5-15-12)11(19)18-17-8-6-10(14)13(21-2)16-7-8/h3-7,17H,1-2H3,(H,18,19). The van der Waals surface area contributed by atoms with Gasteiger partial charge in [0.15, 0.2) is 5.82 Å². The number of hydrazine groups is 1. The third kappa shape index (κ3) is 3.35. The van der Waals surface area contributed by atoms with Crippen molar-refractivity contribution in [1.29, 1.82) is 0 Å². The van der Waals surface area contributed by atoms with E-state index in [0.717, 1.165) is 6.07 Å². The molecule has 2 aromatic rings. The van der Waals surface area contributed by atoms with Gasteiger partial charge in [0.25, 0.3) is 5.91 Å². The number of halogens is 1. The van der Waals surface area contributed by atoms with E-state index in [1.54, 1.807) is 12.1 Å². The number of anilines is 1. The molecule has 0 aliphatic carbocycles. The van der Waals surface area contributed by atoms with Gasteiger partial charge >= 0.3 is 0 Å². The van der Waals surface area contributed by atoms with Gasteiger partial charge in [-0.15, -0.1) is 0 Å². The van der Waals surface area contributed by atoms with E-state index >= 15 is 0 Å². The molecule has 110 valence electrons. The Labute approximate surface area is 120 Å². The minimum absolute atomic E-state index is 0.124. The third-order valence-corrected chi connectivity index (χ3v) is 2.53. The number of methoxy groups -OCH3 is 2. The summed E-state index contributed by atoms with van der Waals surface area (Å²) < 4.78 is 23.1. The SMILES string of the molecule is COc1ncc(NNC(=O)c2cccnc2OC)cc1F. The summed E-state index contributed by atoms with van der Waals surface area (Å²) in [6.07, 6.45) is 2.83. The zero-order valence-electron chi connectivity index (χ0n) is 11.4. The van der Waals surface area contributed by atoms with Gasteiger partial charge in [-0.2, -0.15) is 0 Å². The van der Waals surface area contributed by atoms with Crippen LogP contribution in [0.4, 0.5) is 10.1 Å². The summed E-state index contributed by atoms with van der Waals surface area (Å²) in [4.78, 5) is 19.6. The van der Waals surface area contributed by atoms with Crippen LogP contribution in [-0.2, 0) is 0 Å². The van der Waals surface area contributed by atoms with Crippen molar-refractivity contribution in [3.8, 4) is 11.8 Å². The summed E-state index contributed by atoms with van der Waals surface area (Å²) in [5, 5.41) is 0. The fourth-order valence-electron chi connectivity index (χ4n) is 1.57. The van der Waals surface area contributed by atoms with Crippen LogP contribution in [0.25, 0.3) is 0 Å². The Bertz CT molecular complexity index is 651. The molecule has 0 aliphatic rings. The molecule has 21 heavy (non-hydrogen) atoms. The second kappa shape index (κ2) is 6.51. The highest BCUT2D eigenvalue weighted by atomic mass is 19.1. The van der Waals surface area contributed by atoms with Gasteiger partial charge in [0, 0.05) is 12.3 Å². The van der Waals surface area contributed by atoms with E-state index in [2.05, 4.69) is 20.8 Å². The molecule has 0 spiro atoms. The molecule has 2 aromatic heterocycles. The van der Waals surface area contributed by atoms with E-state index in [9.17, 15) is 9.18 Å². The number of hydrogen-bond acceptors (Lipinski definition) is 6. The molecule has 0 unspecified atom stereocenters. The largest absolute Gasteiger partial charge is 0.480 e. The van der Waals surface area contributed by atoms with Crippen LogP contribution in [0.2, 0.25) is 0 Å². The molecule has 7 nitrogen and oxygen atoms in total. The summed E-state index contributed by atoms with van der Waals surface area (Å²) in [7, 11) is 2.73. The quantitative estimate of drug-likeness (QED) is 0.810. The molecule has 0 aliphatic heterocycles. The van der Waals surface area contributed by atoms with Crippen LogP contribution in [0.1, 0.15) is 10.4 Å². The van der Waals surface area contributed by atoms with Crippen LogP contribution in [-0.4, -0.2) is 30.1 Å². The van der Waals surface area contributed by atoms with E-state index in [4.69, 9.17) is 9.47 Å². The zero-order valence-corrected chi connectivity index (χ0v) is 11.4. The Balaban J connectivity index is 2.06. The second-order valence-electron chi connectivity index (χ2n) is 3.85. The lowest BCUT2D eigenvalue weighted by atomic mass is 10.2.